The maximum absolute atomic E-state index is 13.6. The molecule has 1 aromatic carbocycles. The Morgan fingerprint density at radius 2 is 2.04 bits per heavy atom. The molecule has 0 aromatic heterocycles. The first kappa shape index (κ1) is 19.2. The maximum Gasteiger partial charge on any atom is 0.309 e. The standard InChI is InChI=1S/C15H19FN2O4.ClH/c1-3-22-15(19)11-4-6-17(7-5-11)13-8-10(2)12(16)9-14(13)18(20)21;/h8-9,11H,3-7H2,1-2H3;1H. The summed E-state index contributed by atoms with van der Waals surface area (Å²) >= 11 is 0. The first-order valence-electron chi connectivity index (χ1n) is 7.30. The first-order chi connectivity index (χ1) is 10.4. The van der Waals surface area contributed by atoms with Gasteiger partial charge < -0.3 is 9.64 Å². The van der Waals surface area contributed by atoms with E-state index in [0.29, 0.717) is 43.8 Å². The highest BCUT2D eigenvalue weighted by Gasteiger charge is 2.29. The van der Waals surface area contributed by atoms with Gasteiger partial charge in [0.05, 0.1) is 23.5 Å². The highest BCUT2D eigenvalue weighted by atomic mass is 35.5. The van der Waals surface area contributed by atoms with Crippen LogP contribution in [0.2, 0.25) is 0 Å². The number of piperidine rings is 1. The van der Waals surface area contributed by atoms with E-state index < -0.39 is 10.7 Å². The van der Waals surface area contributed by atoms with Crippen molar-refractivity contribution in [2.45, 2.75) is 26.7 Å². The lowest BCUT2D eigenvalue weighted by Crippen LogP contribution is -2.37. The van der Waals surface area contributed by atoms with Crippen molar-refractivity contribution in [1.82, 2.24) is 0 Å². The minimum absolute atomic E-state index is 0. The largest absolute Gasteiger partial charge is 0.466 e. The summed E-state index contributed by atoms with van der Waals surface area (Å²) in [4.78, 5) is 24.1. The van der Waals surface area contributed by atoms with E-state index in [1.807, 2.05) is 4.90 Å². The Bertz CT molecular complexity index is 589. The van der Waals surface area contributed by atoms with Crippen LogP contribution in [-0.4, -0.2) is 30.6 Å². The molecule has 0 bridgehead atoms. The molecule has 1 aliphatic heterocycles. The smallest absolute Gasteiger partial charge is 0.309 e. The summed E-state index contributed by atoms with van der Waals surface area (Å²) < 4.78 is 18.6. The summed E-state index contributed by atoms with van der Waals surface area (Å²) in [7, 11) is 0. The normalized spacial score (nSPS) is 15.0. The molecule has 0 radical (unpaired) electrons. The minimum Gasteiger partial charge on any atom is -0.466 e. The Morgan fingerprint density at radius 1 is 1.43 bits per heavy atom. The predicted molar refractivity (Wildman–Crippen MR) is 86.6 cm³/mol. The number of hydrogen-bond acceptors (Lipinski definition) is 5. The second-order valence-corrected chi connectivity index (χ2v) is 5.36. The molecule has 0 atom stereocenters. The SMILES string of the molecule is CCOC(=O)C1CCN(c2cc(C)c(F)cc2[N+](=O)[O-])CC1.Cl. The van der Waals surface area contributed by atoms with Crippen molar-refractivity contribution in [2.75, 3.05) is 24.6 Å². The van der Waals surface area contributed by atoms with Gasteiger partial charge in [0.15, 0.2) is 0 Å². The number of anilines is 1. The first-order valence-corrected chi connectivity index (χ1v) is 7.30. The number of hydrogen-bond donors (Lipinski definition) is 0. The number of nitro groups is 1. The molecule has 2 rings (SSSR count). The van der Waals surface area contributed by atoms with E-state index >= 15 is 0 Å². The topological polar surface area (TPSA) is 72.7 Å². The molecule has 1 heterocycles. The Labute approximate surface area is 140 Å². The molecule has 128 valence electrons. The van der Waals surface area contributed by atoms with Crippen molar-refractivity contribution >= 4 is 29.8 Å². The van der Waals surface area contributed by atoms with Crippen molar-refractivity contribution in [1.29, 1.82) is 0 Å². The van der Waals surface area contributed by atoms with Crippen LogP contribution in [0.3, 0.4) is 0 Å². The third-order valence-electron chi connectivity index (χ3n) is 3.91. The number of rotatable bonds is 4. The van der Waals surface area contributed by atoms with Gasteiger partial charge in [-0.2, -0.15) is 0 Å². The minimum atomic E-state index is -0.586. The molecule has 0 N–H and O–H groups in total. The average Bonchev–Trinajstić information content (AvgIpc) is 2.50. The zero-order valence-corrected chi connectivity index (χ0v) is 13.9. The summed E-state index contributed by atoms with van der Waals surface area (Å²) in [6, 6.07) is 2.46. The van der Waals surface area contributed by atoms with Crippen LogP contribution in [-0.2, 0) is 9.53 Å². The molecule has 23 heavy (non-hydrogen) atoms. The Kier molecular flexibility index (Phi) is 6.75. The van der Waals surface area contributed by atoms with Crippen LogP contribution in [0, 0.1) is 28.8 Å². The van der Waals surface area contributed by atoms with Crippen molar-refractivity contribution in [3.05, 3.63) is 33.6 Å². The predicted octanol–water partition coefficient (Wildman–Crippen LogP) is 3.24. The number of halogens is 2. The van der Waals surface area contributed by atoms with E-state index in [2.05, 4.69) is 0 Å². The van der Waals surface area contributed by atoms with Crippen LogP contribution in [0.5, 0.6) is 0 Å². The van der Waals surface area contributed by atoms with E-state index in [0.717, 1.165) is 6.07 Å². The third kappa shape index (κ3) is 4.31. The van der Waals surface area contributed by atoms with Crippen LogP contribution < -0.4 is 4.90 Å². The number of esters is 1. The maximum atomic E-state index is 13.6. The third-order valence-corrected chi connectivity index (χ3v) is 3.91. The van der Waals surface area contributed by atoms with Gasteiger partial charge in [-0.15, -0.1) is 12.4 Å². The van der Waals surface area contributed by atoms with Crippen LogP contribution in [0.4, 0.5) is 15.8 Å². The monoisotopic (exact) mass is 346 g/mol. The zero-order chi connectivity index (χ0) is 16.3. The lowest BCUT2D eigenvalue weighted by molar-refractivity contribution is -0.384. The molecule has 6 nitrogen and oxygen atoms in total. The van der Waals surface area contributed by atoms with Gasteiger partial charge in [-0.1, -0.05) is 0 Å². The van der Waals surface area contributed by atoms with Gasteiger partial charge in [0, 0.05) is 13.1 Å². The number of carbonyl (C=O) groups is 1. The number of aryl methyl sites for hydroxylation is 1. The summed E-state index contributed by atoms with van der Waals surface area (Å²) in [5.41, 5.74) is 0.539. The number of carbonyl (C=O) groups excluding carboxylic acids is 1. The van der Waals surface area contributed by atoms with Crippen LogP contribution >= 0.6 is 12.4 Å². The Hall–Kier alpha value is -1.89. The van der Waals surface area contributed by atoms with Gasteiger partial charge in [-0.3, -0.25) is 14.9 Å². The summed E-state index contributed by atoms with van der Waals surface area (Å²) in [6.07, 6.45) is 1.15. The lowest BCUT2D eigenvalue weighted by Gasteiger charge is -2.32. The zero-order valence-electron chi connectivity index (χ0n) is 13.1. The van der Waals surface area contributed by atoms with E-state index in [9.17, 15) is 19.3 Å². The quantitative estimate of drug-likeness (QED) is 0.475. The molecule has 8 heteroatoms. The molecule has 1 saturated heterocycles. The Morgan fingerprint density at radius 3 is 2.57 bits per heavy atom. The molecule has 0 unspecified atom stereocenters. The summed E-state index contributed by atoms with van der Waals surface area (Å²) in [5, 5.41) is 11.1. The molecule has 0 amide bonds. The average molecular weight is 347 g/mol. The molecule has 1 aliphatic rings. The van der Waals surface area contributed by atoms with Crippen molar-refractivity contribution in [2.24, 2.45) is 5.92 Å². The second kappa shape index (κ2) is 8.10. The number of nitrogens with zero attached hydrogens (tertiary/aromatic N) is 2. The molecular weight excluding hydrogens is 327 g/mol. The molecular formula is C15H20ClFN2O4. The molecule has 0 aliphatic carbocycles. The fourth-order valence-corrected chi connectivity index (χ4v) is 2.67. The van der Waals surface area contributed by atoms with Crippen LogP contribution in [0.15, 0.2) is 12.1 Å². The number of nitro benzene ring substituents is 1. The van der Waals surface area contributed by atoms with Gasteiger partial charge in [0.2, 0.25) is 0 Å². The highest BCUT2D eigenvalue weighted by molar-refractivity contribution is 5.85. The van der Waals surface area contributed by atoms with Gasteiger partial charge in [0.25, 0.3) is 5.69 Å². The lowest BCUT2D eigenvalue weighted by atomic mass is 9.96. The molecule has 0 saturated carbocycles. The fourth-order valence-electron chi connectivity index (χ4n) is 2.67. The number of ether oxygens (including phenoxy) is 1. The van der Waals surface area contributed by atoms with Gasteiger partial charge in [-0.05, 0) is 38.3 Å². The van der Waals surface area contributed by atoms with Crippen molar-refractivity contribution in [3.63, 3.8) is 0 Å². The van der Waals surface area contributed by atoms with E-state index in [-0.39, 0.29) is 30.0 Å². The second-order valence-electron chi connectivity index (χ2n) is 5.36. The van der Waals surface area contributed by atoms with Gasteiger partial charge in [0.1, 0.15) is 11.5 Å². The summed E-state index contributed by atoms with van der Waals surface area (Å²) in [5.74, 6) is -0.972. The highest BCUT2D eigenvalue weighted by Crippen LogP contribution is 2.33. The fraction of sp³-hybridized carbons (Fsp3) is 0.533. The molecule has 1 aromatic rings. The van der Waals surface area contributed by atoms with E-state index in [1.54, 1.807) is 13.8 Å². The van der Waals surface area contributed by atoms with E-state index in [1.165, 1.54) is 6.07 Å². The van der Waals surface area contributed by atoms with Gasteiger partial charge >= 0.3 is 5.97 Å². The van der Waals surface area contributed by atoms with Crippen molar-refractivity contribution in [3.8, 4) is 0 Å². The van der Waals surface area contributed by atoms with E-state index in [4.69, 9.17) is 4.74 Å². The van der Waals surface area contributed by atoms with Gasteiger partial charge in [-0.25, -0.2) is 4.39 Å². The van der Waals surface area contributed by atoms with Crippen LogP contribution in [0.1, 0.15) is 25.3 Å². The summed E-state index contributed by atoms with van der Waals surface area (Å²) in [6.45, 7) is 4.71. The Balaban J connectivity index is 0.00000264. The number of benzene rings is 1. The molecule has 1 fully saturated rings. The van der Waals surface area contributed by atoms with Crippen LogP contribution in [0.25, 0.3) is 0 Å². The van der Waals surface area contributed by atoms with Crippen molar-refractivity contribution < 1.29 is 18.8 Å². The molecule has 0 spiro atoms.